The lowest BCUT2D eigenvalue weighted by Crippen LogP contribution is -2.47. The number of rotatable bonds is 12. The Morgan fingerprint density at radius 1 is 1.08 bits per heavy atom. The van der Waals surface area contributed by atoms with Crippen LogP contribution in [0.4, 0.5) is 0 Å². The van der Waals surface area contributed by atoms with Crippen LogP contribution in [0.1, 0.15) is 81.1 Å². The molecular weight excluding hydrogens is 494 g/mol. The molecule has 0 spiro atoms. The van der Waals surface area contributed by atoms with Crippen LogP contribution < -0.4 is 0 Å². The first-order chi connectivity index (χ1) is 18.4. The summed E-state index contributed by atoms with van der Waals surface area (Å²) in [6.07, 6.45) is 9.58. The van der Waals surface area contributed by atoms with Gasteiger partial charge in [0.05, 0.1) is 6.54 Å². The van der Waals surface area contributed by atoms with Crippen LogP contribution in [0.3, 0.4) is 0 Å². The molecule has 38 heavy (non-hydrogen) atoms. The Bertz CT molecular complexity index is 1130. The average molecular weight is 536 g/mol. The average Bonchev–Trinajstić information content (AvgIpc) is 3.40. The smallest absolute Gasteiger partial charge is 0.273 e. The van der Waals surface area contributed by atoms with Crippen molar-refractivity contribution in [2.75, 3.05) is 19.6 Å². The van der Waals surface area contributed by atoms with E-state index >= 15 is 0 Å². The number of piperidine rings is 1. The van der Waals surface area contributed by atoms with E-state index in [4.69, 9.17) is 16.0 Å². The van der Waals surface area contributed by atoms with Crippen molar-refractivity contribution in [3.63, 3.8) is 0 Å². The lowest BCUT2D eigenvalue weighted by Gasteiger charge is -2.38. The fourth-order valence-corrected chi connectivity index (χ4v) is 5.21. The number of carbonyl (C=O) groups excluding carboxylic acids is 1. The van der Waals surface area contributed by atoms with Crippen LogP contribution in [0.25, 0.3) is 11.3 Å². The van der Waals surface area contributed by atoms with Gasteiger partial charge in [0.1, 0.15) is 17.2 Å². The summed E-state index contributed by atoms with van der Waals surface area (Å²) < 4.78 is 6.21. The third kappa shape index (κ3) is 7.94. The minimum atomic E-state index is -0.0184. The molecule has 0 saturated carbocycles. The second-order valence-corrected chi connectivity index (χ2v) is 11.4. The van der Waals surface area contributed by atoms with Crippen molar-refractivity contribution in [2.45, 2.75) is 78.3 Å². The number of halogens is 1. The van der Waals surface area contributed by atoms with Crippen LogP contribution in [-0.4, -0.2) is 46.4 Å². The highest BCUT2D eigenvalue weighted by Gasteiger charge is 2.30. The largest absolute Gasteiger partial charge is 0.459 e. The van der Waals surface area contributed by atoms with Gasteiger partial charge in [-0.3, -0.25) is 9.78 Å². The Labute approximate surface area is 233 Å². The number of nitrogens with zero attached hydrogens (tertiary/aromatic N) is 3. The molecule has 204 valence electrons. The van der Waals surface area contributed by atoms with Gasteiger partial charge >= 0.3 is 0 Å². The highest BCUT2D eigenvalue weighted by molar-refractivity contribution is 6.30. The third-order valence-electron chi connectivity index (χ3n) is 7.51. The summed E-state index contributed by atoms with van der Waals surface area (Å²) >= 11 is 6.05. The second-order valence-electron chi connectivity index (χ2n) is 11.0. The van der Waals surface area contributed by atoms with Crippen LogP contribution in [0, 0.1) is 5.92 Å². The molecule has 0 unspecified atom stereocenters. The van der Waals surface area contributed by atoms with Gasteiger partial charge in [-0.25, -0.2) is 0 Å². The molecule has 0 N–H and O–H groups in total. The molecule has 1 aliphatic rings. The van der Waals surface area contributed by atoms with Gasteiger partial charge in [0, 0.05) is 35.9 Å². The van der Waals surface area contributed by atoms with E-state index < -0.39 is 0 Å². The molecule has 0 aliphatic carbocycles. The van der Waals surface area contributed by atoms with Gasteiger partial charge in [0.2, 0.25) is 0 Å². The monoisotopic (exact) mass is 535 g/mol. The molecular formula is C32H42ClN3O2. The van der Waals surface area contributed by atoms with E-state index in [1.54, 1.807) is 0 Å². The lowest BCUT2D eigenvalue weighted by molar-refractivity contribution is 0.0522. The molecule has 1 aliphatic heterocycles. The van der Waals surface area contributed by atoms with E-state index in [9.17, 15) is 4.79 Å². The number of benzene rings is 1. The number of hydrogen-bond donors (Lipinski definition) is 0. The minimum Gasteiger partial charge on any atom is -0.459 e. The Balaban J connectivity index is 1.49. The van der Waals surface area contributed by atoms with E-state index in [0.29, 0.717) is 23.2 Å². The van der Waals surface area contributed by atoms with E-state index in [1.807, 2.05) is 53.6 Å². The molecule has 1 saturated heterocycles. The highest BCUT2D eigenvalue weighted by atomic mass is 35.5. The summed E-state index contributed by atoms with van der Waals surface area (Å²) in [7, 11) is 0. The Hall–Kier alpha value is -2.63. The summed E-state index contributed by atoms with van der Waals surface area (Å²) in [4.78, 5) is 22.9. The van der Waals surface area contributed by atoms with Gasteiger partial charge < -0.3 is 14.2 Å². The fraction of sp³-hybridized carbons (Fsp3) is 0.500. The summed E-state index contributed by atoms with van der Waals surface area (Å²) in [5.41, 5.74) is 2.67. The minimum absolute atomic E-state index is 0.0184. The quantitative estimate of drug-likeness (QED) is 0.221. The van der Waals surface area contributed by atoms with Crippen molar-refractivity contribution < 1.29 is 9.21 Å². The number of pyridine rings is 1. The van der Waals surface area contributed by atoms with E-state index in [-0.39, 0.29) is 11.9 Å². The number of aryl methyl sites for hydroxylation is 1. The zero-order chi connectivity index (χ0) is 26.9. The molecule has 3 heterocycles. The predicted molar refractivity (Wildman–Crippen MR) is 155 cm³/mol. The number of hydrogen-bond acceptors (Lipinski definition) is 4. The molecule has 1 fully saturated rings. The number of carbonyl (C=O) groups is 1. The van der Waals surface area contributed by atoms with Crippen LogP contribution >= 0.6 is 11.6 Å². The maximum absolute atomic E-state index is 13.8. The summed E-state index contributed by atoms with van der Waals surface area (Å²) in [6, 6.07) is 15.7. The van der Waals surface area contributed by atoms with Gasteiger partial charge in [-0.2, -0.15) is 0 Å². The first-order valence-electron chi connectivity index (χ1n) is 14.3. The molecule has 1 aromatic carbocycles. The third-order valence-corrected chi connectivity index (χ3v) is 7.76. The van der Waals surface area contributed by atoms with E-state index in [1.165, 1.54) is 24.8 Å². The van der Waals surface area contributed by atoms with Gasteiger partial charge in [-0.05, 0) is 92.6 Å². The van der Waals surface area contributed by atoms with Crippen LogP contribution in [0.5, 0.6) is 0 Å². The lowest BCUT2D eigenvalue weighted by atomic mass is 10.0. The first kappa shape index (κ1) is 28.4. The molecule has 2 aromatic heterocycles. The van der Waals surface area contributed by atoms with Gasteiger partial charge in [0.15, 0.2) is 0 Å². The van der Waals surface area contributed by atoms with Crippen molar-refractivity contribution in [1.29, 1.82) is 0 Å². The van der Waals surface area contributed by atoms with Crippen molar-refractivity contribution in [2.24, 2.45) is 5.92 Å². The van der Waals surface area contributed by atoms with E-state index in [0.717, 1.165) is 62.4 Å². The first-order valence-corrected chi connectivity index (χ1v) is 14.6. The molecule has 1 amide bonds. The zero-order valence-electron chi connectivity index (χ0n) is 23.2. The summed E-state index contributed by atoms with van der Waals surface area (Å²) in [5.74, 6) is 2.25. The van der Waals surface area contributed by atoms with Crippen molar-refractivity contribution in [1.82, 2.24) is 14.8 Å². The topological polar surface area (TPSA) is 49.6 Å². The molecule has 0 atom stereocenters. The van der Waals surface area contributed by atoms with Crippen molar-refractivity contribution in [3.05, 3.63) is 76.8 Å². The molecule has 4 rings (SSSR count). The van der Waals surface area contributed by atoms with Gasteiger partial charge in [-0.15, -0.1) is 0 Å². The summed E-state index contributed by atoms with van der Waals surface area (Å²) in [6.45, 7) is 10.3. The number of amides is 1. The van der Waals surface area contributed by atoms with Crippen LogP contribution in [0.2, 0.25) is 5.02 Å². The number of furan rings is 1. The SMILES string of the molecule is CCCCCc1ccc(C(=O)N(Cc2ccc(-c3ccc(Cl)cc3)o2)C2CCN(CCC(C)C)CC2)nc1. The number of likely N-dealkylation sites (tertiary alicyclic amines) is 1. The Morgan fingerprint density at radius 3 is 2.50 bits per heavy atom. The molecule has 0 radical (unpaired) electrons. The molecule has 5 nitrogen and oxygen atoms in total. The number of aromatic nitrogens is 1. The van der Waals surface area contributed by atoms with E-state index in [2.05, 4.69) is 36.7 Å². The van der Waals surface area contributed by atoms with Crippen molar-refractivity contribution >= 4 is 17.5 Å². The summed E-state index contributed by atoms with van der Waals surface area (Å²) in [5, 5.41) is 0.695. The normalized spacial score (nSPS) is 14.8. The van der Waals surface area contributed by atoms with Crippen molar-refractivity contribution in [3.8, 4) is 11.3 Å². The standard InChI is InChI=1S/C32H42ClN3O2/c1-4-5-6-7-25-8-14-30(34-22-25)32(37)36(28-17-20-35(21-18-28)19-16-24(2)3)23-29-13-15-31(38-29)26-9-11-27(33)12-10-26/h8-15,22,24,28H,4-7,16-21,23H2,1-3H3. The maximum Gasteiger partial charge on any atom is 0.273 e. The fourth-order valence-electron chi connectivity index (χ4n) is 5.09. The molecule has 6 heteroatoms. The van der Waals surface area contributed by atoms with Crippen LogP contribution in [-0.2, 0) is 13.0 Å². The zero-order valence-corrected chi connectivity index (χ0v) is 23.9. The molecule has 3 aromatic rings. The predicted octanol–water partition coefficient (Wildman–Crippen LogP) is 7.88. The maximum atomic E-state index is 13.8. The Kier molecular flexibility index (Phi) is 10.4. The highest BCUT2D eigenvalue weighted by Crippen LogP contribution is 2.27. The van der Waals surface area contributed by atoms with Gasteiger partial charge in [-0.1, -0.05) is 51.3 Å². The molecule has 0 bridgehead atoms. The van der Waals surface area contributed by atoms with Gasteiger partial charge in [0.25, 0.3) is 5.91 Å². The van der Waals surface area contributed by atoms with Crippen LogP contribution in [0.15, 0.2) is 59.1 Å². The number of unbranched alkanes of at least 4 members (excludes halogenated alkanes) is 2. The Morgan fingerprint density at radius 2 is 1.84 bits per heavy atom. The second kappa shape index (κ2) is 14.0.